The van der Waals surface area contributed by atoms with E-state index in [0.717, 1.165) is 32.1 Å². The number of alkyl halides is 7. The van der Waals surface area contributed by atoms with Gasteiger partial charge < -0.3 is 0 Å². The lowest BCUT2D eigenvalue weighted by molar-refractivity contribution is -0.355. The van der Waals surface area contributed by atoms with Gasteiger partial charge in [-0.15, -0.1) is 0 Å². The molecule has 0 aliphatic heterocycles. The van der Waals surface area contributed by atoms with Gasteiger partial charge in [0.2, 0.25) is 0 Å². The SMILES string of the molecule is CCCCCCCCCCC(F)(F)C(F)(F)C(F)(F)F. The Morgan fingerprint density at radius 2 is 1.00 bits per heavy atom. The van der Waals surface area contributed by atoms with Crippen LogP contribution in [-0.2, 0) is 0 Å². The molecule has 0 radical (unpaired) electrons. The van der Waals surface area contributed by atoms with Crippen LogP contribution in [0.2, 0.25) is 0 Å². The fourth-order valence-electron chi connectivity index (χ4n) is 1.85. The third-order valence-corrected chi connectivity index (χ3v) is 3.16. The fraction of sp³-hybridized carbons (Fsp3) is 1.00. The Bertz CT molecular complexity index is 258. The summed E-state index contributed by atoms with van der Waals surface area (Å²) in [6, 6.07) is 0. The minimum absolute atomic E-state index is 0.246. The molecule has 0 spiro atoms. The minimum Gasteiger partial charge on any atom is -0.200 e. The van der Waals surface area contributed by atoms with Crippen molar-refractivity contribution >= 4 is 0 Å². The molecule has 0 aromatic carbocycles. The van der Waals surface area contributed by atoms with Gasteiger partial charge in [0, 0.05) is 6.42 Å². The Balaban J connectivity index is 3.94. The average molecular weight is 310 g/mol. The second-order valence-corrected chi connectivity index (χ2v) is 5.00. The zero-order valence-corrected chi connectivity index (χ0v) is 11.5. The van der Waals surface area contributed by atoms with Crippen molar-refractivity contribution in [3.05, 3.63) is 0 Å². The van der Waals surface area contributed by atoms with Crippen molar-refractivity contribution in [1.29, 1.82) is 0 Å². The summed E-state index contributed by atoms with van der Waals surface area (Å²) in [5.41, 5.74) is 0. The third-order valence-electron chi connectivity index (χ3n) is 3.16. The molecule has 0 N–H and O–H groups in total. The van der Waals surface area contributed by atoms with Crippen LogP contribution in [0.25, 0.3) is 0 Å². The van der Waals surface area contributed by atoms with Crippen LogP contribution in [-0.4, -0.2) is 18.0 Å². The minimum atomic E-state index is -6.21. The summed E-state index contributed by atoms with van der Waals surface area (Å²) in [5, 5.41) is 0. The summed E-state index contributed by atoms with van der Waals surface area (Å²) in [6.07, 6.45) is -2.25. The van der Waals surface area contributed by atoms with Crippen LogP contribution in [0.4, 0.5) is 30.7 Å². The Morgan fingerprint density at radius 3 is 1.40 bits per heavy atom. The van der Waals surface area contributed by atoms with E-state index in [4.69, 9.17) is 0 Å². The van der Waals surface area contributed by atoms with E-state index in [0.29, 0.717) is 6.42 Å². The zero-order chi connectivity index (χ0) is 15.9. The van der Waals surface area contributed by atoms with Crippen LogP contribution in [0.15, 0.2) is 0 Å². The van der Waals surface area contributed by atoms with Crippen molar-refractivity contribution in [3.8, 4) is 0 Å². The van der Waals surface area contributed by atoms with Crippen molar-refractivity contribution in [2.24, 2.45) is 0 Å². The lowest BCUT2D eigenvalue weighted by atomic mass is 10.0. The number of hydrogen-bond donors (Lipinski definition) is 0. The Hall–Kier alpha value is -0.490. The Labute approximate surface area is 114 Å². The molecule has 0 saturated heterocycles. The highest BCUT2D eigenvalue weighted by molar-refractivity contribution is 4.90. The maximum atomic E-state index is 12.9. The molecule has 0 rings (SSSR count). The van der Waals surface area contributed by atoms with Crippen LogP contribution in [0, 0.1) is 0 Å². The van der Waals surface area contributed by atoms with Crippen LogP contribution < -0.4 is 0 Å². The van der Waals surface area contributed by atoms with E-state index in [1.807, 2.05) is 6.92 Å². The largest absolute Gasteiger partial charge is 0.459 e. The standard InChI is InChI=1S/C13H21F7/c1-2-3-4-5-6-7-8-9-10-11(14,15)12(16,17)13(18,19)20/h2-10H2,1H3. The first-order valence-electron chi connectivity index (χ1n) is 6.88. The van der Waals surface area contributed by atoms with Crippen molar-refractivity contribution in [1.82, 2.24) is 0 Å². The molecule has 0 saturated carbocycles. The molecular weight excluding hydrogens is 289 g/mol. The van der Waals surface area contributed by atoms with E-state index < -0.39 is 24.4 Å². The summed E-state index contributed by atoms with van der Waals surface area (Å²) in [4.78, 5) is 0. The number of unbranched alkanes of at least 4 members (excludes halogenated alkanes) is 7. The summed E-state index contributed by atoms with van der Waals surface area (Å²) in [7, 11) is 0. The molecule has 0 aromatic heterocycles. The molecule has 0 aliphatic rings. The molecule has 0 nitrogen and oxygen atoms in total. The molecule has 0 fully saturated rings. The predicted molar refractivity (Wildman–Crippen MR) is 63.2 cm³/mol. The van der Waals surface area contributed by atoms with Gasteiger partial charge >= 0.3 is 18.0 Å². The van der Waals surface area contributed by atoms with E-state index in [-0.39, 0.29) is 12.8 Å². The summed E-state index contributed by atoms with van der Waals surface area (Å²) < 4.78 is 86.4. The monoisotopic (exact) mass is 310 g/mol. The summed E-state index contributed by atoms with van der Waals surface area (Å²) >= 11 is 0. The van der Waals surface area contributed by atoms with Gasteiger partial charge in [0.05, 0.1) is 0 Å². The number of hydrogen-bond acceptors (Lipinski definition) is 0. The van der Waals surface area contributed by atoms with Crippen LogP contribution in [0.1, 0.15) is 64.7 Å². The first kappa shape index (κ1) is 19.5. The van der Waals surface area contributed by atoms with E-state index in [9.17, 15) is 30.7 Å². The number of rotatable bonds is 10. The average Bonchev–Trinajstić information content (AvgIpc) is 2.31. The summed E-state index contributed by atoms with van der Waals surface area (Å²) in [6.45, 7) is 2.04. The molecule has 0 heterocycles. The molecule has 0 unspecified atom stereocenters. The van der Waals surface area contributed by atoms with Crippen molar-refractivity contribution < 1.29 is 30.7 Å². The molecule has 0 aromatic rings. The van der Waals surface area contributed by atoms with Gasteiger partial charge in [-0.1, -0.05) is 51.9 Å². The predicted octanol–water partition coefficient (Wildman–Crippen LogP) is 6.35. The highest BCUT2D eigenvalue weighted by Gasteiger charge is 2.72. The quantitative estimate of drug-likeness (QED) is 0.326. The summed E-state index contributed by atoms with van der Waals surface area (Å²) in [5.74, 6) is -11.0. The normalized spacial score (nSPS) is 13.8. The van der Waals surface area contributed by atoms with Gasteiger partial charge in [-0.05, 0) is 6.42 Å². The number of halogens is 7. The topological polar surface area (TPSA) is 0 Å². The van der Waals surface area contributed by atoms with E-state index in [1.165, 1.54) is 0 Å². The lowest BCUT2D eigenvalue weighted by Gasteiger charge is -2.28. The van der Waals surface area contributed by atoms with Gasteiger partial charge in [0.25, 0.3) is 0 Å². The third kappa shape index (κ3) is 5.87. The van der Waals surface area contributed by atoms with Gasteiger partial charge in [0.15, 0.2) is 0 Å². The zero-order valence-electron chi connectivity index (χ0n) is 11.5. The van der Waals surface area contributed by atoms with Gasteiger partial charge in [0.1, 0.15) is 0 Å². The fourth-order valence-corrected chi connectivity index (χ4v) is 1.85. The van der Waals surface area contributed by atoms with Crippen molar-refractivity contribution in [3.63, 3.8) is 0 Å². The second kappa shape index (κ2) is 8.08. The molecule has 0 aliphatic carbocycles. The maximum absolute atomic E-state index is 12.9. The first-order chi connectivity index (χ1) is 9.06. The lowest BCUT2D eigenvalue weighted by Crippen LogP contribution is -2.51. The smallest absolute Gasteiger partial charge is 0.200 e. The maximum Gasteiger partial charge on any atom is 0.459 e. The van der Waals surface area contributed by atoms with Gasteiger partial charge in [-0.3, -0.25) is 0 Å². The van der Waals surface area contributed by atoms with Crippen molar-refractivity contribution in [2.75, 3.05) is 0 Å². The second-order valence-electron chi connectivity index (χ2n) is 5.00. The first-order valence-corrected chi connectivity index (χ1v) is 6.88. The Morgan fingerprint density at radius 1 is 0.600 bits per heavy atom. The Kier molecular flexibility index (Phi) is 7.88. The molecule has 20 heavy (non-hydrogen) atoms. The van der Waals surface area contributed by atoms with Crippen molar-refractivity contribution in [2.45, 2.75) is 82.7 Å². The molecule has 0 bridgehead atoms. The molecule has 7 heteroatoms. The van der Waals surface area contributed by atoms with Gasteiger partial charge in [-0.2, -0.15) is 30.7 Å². The van der Waals surface area contributed by atoms with E-state index in [1.54, 1.807) is 0 Å². The van der Waals surface area contributed by atoms with Crippen LogP contribution in [0.3, 0.4) is 0 Å². The van der Waals surface area contributed by atoms with Gasteiger partial charge in [-0.25, -0.2) is 0 Å². The van der Waals surface area contributed by atoms with Crippen LogP contribution >= 0.6 is 0 Å². The molecule has 0 atom stereocenters. The highest BCUT2D eigenvalue weighted by atomic mass is 19.4. The molecule has 122 valence electrons. The molecular formula is C13H21F7. The highest BCUT2D eigenvalue weighted by Crippen LogP contribution is 2.48. The van der Waals surface area contributed by atoms with Crippen LogP contribution in [0.5, 0.6) is 0 Å². The molecule has 0 amide bonds. The van der Waals surface area contributed by atoms with E-state index in [2.05, 4.69) is 0 Å². The van der Waals surface area contributed by atoms with E-state index >= 15 is 0 Å².